The lowest BCUT2D eigenvalue weighted by molar-refractivity contribution is -0.142. The van der Waals surface area contributed by atoms with E-state index in [1.165, 1.54) is 18.2 Å². The van der Waals surface area contributed by atoms with Crippen molar-refractivity contribution >= 4 is 22.0 Å². The lowest BCUT2D eigenvalue weighted by Crippen LogP contribution is -2.31. The number of nitrogens with zero attached hydrogens (tertiary/aromatic N) is 1. The van der Waals surface area contributed by atoms with Crippen molar-refractivity contribution in [1.82, 2.24) is 4.31 Å². The number of hydrogen-bond donors (Lipinski definition) is 1. The van der Waals surface area contributed by atoms with Crippen molar-refractivity contribution in [2.75, 3.05) is 19.7 Å². The Hall–Kier alpha value is -1.93. The number of carboxylic acid groups (broad SMARTS) is 1. The zero-order chi connectivity index (χ0) is 17.2. The molecule has 8 heteroatoms. The lowest BCUT2D eigenvalue weighted by Gasteiger charge is -2.18. The third kappa shape index (κ3) is 3.37. The second kappa shape index (κ2) is 6.67. The van der Waals surface area contributed by atoms with E-state index < -0.39 is 27.9 Å². The van der Waals surface area contributed by atoms with Crippen LogP contribution in [0.15, 0.2) is 29.2 Å². The van der Waals surface area contributed by atoms with Gasteiger partial charge in [-0.3, -0.25) is 4.79 Å². The summed E-state index contributed by atoms with van der Waals surface area (Å²) in [6, 6.07) is 5.79. The Morgan fingerprint density at radius 2 is 1.96 bits per heavy atom. The highest BCUT2D eigenvalue weighted by molar-refractivity contribution is 7.89. The van der Waals surface area contributed by atoms with Crippen LogP contribution in [0.5, 0.6) is 0 Å². The molecule has 1 saturated heterocycles. The van der Waals surface area contributed by atoms with Crippen LogP contribution in [0.3, 0.4) is 0 Å². The Bertz CT molecular complexity index is 714. The first kappa shape index (κ1) is 17.4. The smallest absolute Gasteiger partial charge is 0.339 e. The highest BCUT2D eigenvalue weighted by Crippen LogP contribution is 2.30. The van der Waals surface area contributed by atoms with Crippen LogP contribution in [-0.2, 0) is 19.6 Å². The molecule has 1 aliphatic heterocycles. The summed E-state index contributed by atoms with van der Waals surface area (Å²) >= 11 is 0. The van der Waals surface area contributed by atoms with Crippen LogP contribution in [0.1, 0.15) is 24.2 Å². The molecule has 1 aromatic rings. The second-order valence-corrected chi connectivity index (χ2v) is 7.37. The highest BCUT2D eigenvalue weighted by atomic mass is 32.2. The molecular formula is C15H19NO6S. The van der Waals surface area contributed by atoms with E-state index in [9.17, 15) is 18.0 Å². The van der Waals surface area contributed by atoms with Gasteiger partial charge in [-0.05, 0) is 25.0 Å². The molecule has 0 radical (unpaired) electrons. The van der Waals surface area contributed by atoms with Crippen molar-refractivity contribution in [3.63, 3.8) is 0 Å². The number of rotatable bonds is 5. The van der Waals surface area contributed by atoms with Gasteiger partial charge in [0.25, 0.3) is 0 Å². The van der Waals surface area contributed by atoms with Gasteiger partial charge in [0.15, 0.2) is 0 Å². The third-order valence-corrected chi connectivity index (χ3v) is 5.79. The van der Waals surface area contributed by atoms with Crippen molar-refractivity contribution in [3.05, 3.63) is 29.8 Å². The summed E-state index contributed by atoms with van der Waals surface area (Å²) in [5.41, 5.74) is -0.0409. The maximum atomic E-state index is 12.8. The molecule has 1 heterocycles. The van der Waals surface area contributed by atoms with Crippen molar-refractivity contribution in [2.45, 2.75) is 18.7 Å². The van der Waals surface area contributed by atoms with Crippen LogP contribution in [0.4, 0.5) is 0 Å². The average Bonchev–Trinajstić information content (AvgIpc) is 2.90. The number of carboxylic acids is 1. The first-order chi connectivity index (χ1) is 10.8. The number of carbonyl (C=O) groups excluding carboxylic acids is 1. The Morgan fingerprint density at radius 3 is 2.52 bits per heavy atom. The van der Waals surface area contributed by atoms with Gasteiger partial charge in [0, 0.05) is 13.1 Å². The van der Waals surface area contributed by atoms with Crippen LogP contribution in [0, 0.1) is 11.8 Å². The van der Waals surface area contributed by atoms with Crippen molar-refractivity contribution in [2.24, 2.45) is 11.8 Å². The summed E-state index contributed by atoms with van der Waals surface area (Å²) in [6.45, 7) is 3.47. The van der Waals surface area contributed by atoms with Gasteiger partial charge < -0.3 is 9.84 Å². The Labute approximate surface area is 134 Å². The summed E-state index contributed by atoms with van der Waals surface area (Å²) in [7, 11) is -3.96. The summed E-state index contributed by atoms with van der Waals surface area (Å²) in [5, 5.41) is 9.15. The fourth-order valence-corrected chi connectivity index (χ4v) is 4.39. The molecule has 23 heavy (non-hydrogen) atoms. The maximum Gasteiger partial charge on any atom is 0.339 e. The molecule has 126 valence electrons. The molecule has 0 aliphatic carbocycles. The first-order valence-electron chi connectivity index (χ1n) is 7.28. The average molecular weight is 341 g/mol. The number of hydrogen-bond acceptors (Lipinski definition) is 5. The molecular weight excluding hydrogens is 322 g/mol. The van der Waals surface area contributed by atoms with Crippen LogP contribution in [0.2, 0.25) is 0 Å². The molecule has 0 unspecified atom stereocenters. The van der Waals surface area contributed by atoms with Crippen molar-refractivity contribution < 1.29 is 27.9 Å². The van der Waals surface area contributed by atoms with Crippen molar-refractivity contribution in [1.29, 1.82) is 0 Å². The summed E-state index contributed by atoms with van der Waals surface area (Å²) in [5.74, 6) is -2.78. The SMILES string of the molecule is CCOC(=O)c1ccccc1S(=O)(=O)N1C[C@@H](C)[C@H](C(=O)O)C1. The normalized spacial score (nSPS) is 22.0. The number of sulfonamides is 1. The lowest BCUT2D eigenvalue weighted by atomic mass is 9.99. The predicted octanol–water partition coefficient (Wildman–Crippen LogP) is 1.20. The van der Waals surface area contributed by atoms with Gasteiger partial charge in [-0.2, -0.15) is 4.31 Å². The summed E-state index contributed by atoms with van der Waals surface area (Å²) < 4.78 is 31.6. The molecule has 2 atom stereocenters. The van der Waals surface area contributed by atoms with Gasteiger partial charge in [-0.15, -0.1) is 0 Å². The van der Waals surface area contributed by atoms with Crippen LogP contribution in [-0.4, -0.2) is 49.5 Å². The monoisotopic (exact) mass is 341 g/mol. The van der Waals surface area contributed by atoms with E-state index in [1.807, 2.05) is 0 Å². The minimum absolute atomic E-state index is 0.0409. The van der Waals surface area contributed by atoms with E-state index in [4.69, 9.17) is 9.84 Å². The van der Waals surface area contributed by atoms with Gasteiger partial charge in [-0.25, -0.2) is 13.2 Å². The van der Waals surface area contributed by atoms with Gasteiger partial charge in [0.05, 0.1) is 23.0 Å². The van der Waals surface area contributed by atoms with Crippen LogP contribution < -0.4 is 0 Å². The Kier molecular flexibility index (Phi) is 5.06. The maximum absolute atomic E-state index is 12.8. The Balaban J connectivity index is 2.38. The minimum Gasteiger partial charge on any atom is -0.481 e. The molecule has 1 aromatic carbocycles. The van der Waals surface area contributed by atoms with Crippen molar-refractivity contribution in [3.8, 4) is 0 Å². The molecule has 0 amide bonds. The second-order valence-electron chi connectivity index (χ2n) is 5.46. The van der Waals surface area contributed by atoms with E-state index >= 15 is 0 Å². The van der Waals surface area contributed by atoms with E-state index in [-0.39, 0.29) is 36.1 Å². The van der Waals surface area contributed by atoms with Crippen LogP contribution in [0.25, 0.3) is 0 Å². The Morgan fingerprint density at radius 1 is 1.30 bits per heavy atom. The number of benzene rings is 1. The standard InChI is InChI=1S/C15H19NO6S/c1-3-22-15(19)11-6-4-5-7-13(11)23(20,21)16-8-10(2)12(9-16)14(17)18/h4-7,10,12H,3,8-9H2,1-2H3,(H,17,18)/t10-,12-/m1/s1. The molecule has 1 N–H and O–H groups in total. The predicted molar refractivity (Wildman–Crippen MR) is 81.4 cm³/mol. The molecule has 2 rings (SSSR count). The zero-order valence-corrected chi connectivity index (χ0v) is 13.7. The largest absolute Gasteiger partial charge is 0.481 e. The molecule has 0 aromatic heterocycles. The number of carbonyl (C=O) groups is 2. The quantitative estimate of drug-likeness (QED) is 0.808. The number of ether oxygens (including phenoxy) is 1. The number of aliphatic carboxylic acids is 1. The molecule has 0 bridgehead atoms. The number of esters is 1. The van der Waals surface area contributed by atoms with E-state index in [2.05, 4.69) is 0 Å². The molecule has 0 spiro atoms. The van der Waals surface area contributed by atoms with Crippen LogP contribution >= 0.6 is 0 Å². The topological polar surface area (TPSA) is 101 Å². The molecule has 7 nitrogen and oxygen atoms in total. The van der Waals surface area contributed by atoms with E-state index in [0.717, 1.165) is 4.31 Å². The molecule has 1 aliphatic rings. The van der Waals surface area contributed by atoms with Gasteiger partial charge >= 0.3 is 11.9 Å². The summed E-state index contributed by atoms with van der Waals surface area (Å²) in [4.78, 5) is 23.0. The third-order valence-electron chi connectivity index (χ3n) is 3.90. The molecule has 0 saturated carbocycles. The first-order valence-corrected chi connectivity index (χ1v) is 8.72. The van der Waals surface area contributed by atoms with E-state index in [1.54, 1.807) is 19.9 Å². The summed E-state index contributed by atoms with van der Waals surface area (Å²) in [6.07, 6.45) is 0. The molecule has 1 fully saturated rings. The van der Waals surface area contributed by atoms with Gasteiger partial charge in [0.2, 0.25) is 10.0 Å². The minimum atomic E-state index is -3.96. The fourth-order valence-electron chi connectivity index (χ4n) is 2.65. The van der Waals surface area contributed by atoms with Gasteiger partial charge in [0.1, 0.15) is 0 Å². The fraction of sp³-hybridized carbons (Fsp3) is 0.467. The zero-order valence-electron chi connectivity index (χ0n) is 12.9. The van der Waals surface area contributed by atoms with Gasteiger partial charge in [-0.1, -0.05) is 19.1 Å². The van der Waals surface area contributed by atoms with E-state index in [0.29, 0.717) is 0 Å². The highest BCUT2D eigenvalue weighted by Gasteiger charge is 2.41.